The van der Waals surface area contributed by atoms with Gasteiger partial charge in [0.2, 0.25) is 0 Å². The fraction of sp³-hybridized carbons (Fsp3) is 0.974. The van der Waals surface area contributed by atoms with Crippen LogP contribution in [0, 0.1) is 0 Å². The van der Waals surface area contributed by atoms with E-state index in [-0.39, 0.29) is 19.2 Å². The molecule has 0 saturated heterocycles. The van der Waals surface area contributed by atoms with E-state index >= 15 is 0 Å². The zero-order valence-corrected chi connectivity index (χ0v) is 31.7. The number of hydrogen-bond acceptors (Lipinski definition) is 5. The molecule has 0 rings (SSSR count). The van der Waals surface area contributed by atoms with E-state index in [0.29, 0.717) is 13.0 Å². The molecule has 0 aromatic carbocycles. The number of carbonyl (C=O) groups is 1. The fourth-order valence-electron chi connectivity index (χ4n) is 6.12. The first kappa shape index (κ1) is 45.5. The molecule has 0 spiro atoms. The Morgan fingerprint density at radius 2 is 0.826 bits per heavy atom. The minimum absolute atomic E-state index is 0.116. The summed E-state index contributed by atoms with van der Waals surface area (Å²) in [5.41, 5.74) is 0. The summed E-state index contributed by atoms with van der Waals surface area (Å²) in [6, 6.07) is 0. The third kappa shape index (κ3) is 37.9. The van der Waals surface area contributed by atoms with Crippen molar-refractivity contribution in [2.75, 3.05) is 19.8 Å². The highest BCUT2D eigenvalue weighted by Gasteiger charge is 2.22. The molecule has 274 valence electrons. The Balaban J connectivity index is 3.65. The van der Waals surface area contributed by atoms with Crippen molar-refractivity contribution in [1.82, 2.24) is 0 Å². The summed E-state index contributed by atoms with van der Waals surface area (Å²) in [5, 5.41) is 0. The van der Waals surface area contributed by atoms with Gasteiger partial charge in [-0.1, -0.05) is 200 Å². The summed E-state index contributed by atoms with van der Waals surface area (Å²) < 4.78 is 27.1. The molecule has 0 aromatic rings. The molecule has 0 fully saturated rings. The summed E-state index contributed by atoms with van der Waals surface area (Å²) >= 11 is 0. The average Bonchev–Trinajstić information content (AvgIpc) is 3.04. The van der Waals surface area contributed by atoms with Crippen LogP contribution < -0.4 is 0 Å². The van der Waals surface area contributed by atoms with Crippen LogP contribution in [0.2, 0.25) is 0 Å². The van der Waals surface area contributed by atoms with E-state index in [4.69, 9.17) is 18.9 Å². The van der Waals surface area contributed by atoms with E-state index in [2.05, 4.69) is 13.8 Å². The van der Waals surface area contributed by atoms with Crippen LogP contribution in [0.25, 0.3) is 0 Å². The first-order chi connectivity index (χ1) is 22.6. The van der Waals surface area contributed by atoms with Crippen molar-refractivity contribution < 1.29 is 28.3 Å². The van der Waals surface area contributed by atoms with Gasteiger partial charge in [-0.3, -0.25) is 4.79 Å². The molecule has 0 bridgehead atoms. The lowest BCUT2D eigenvalue weighted by molar-refractivity contribution is -0.154. The normalized spacial score (nSPS) is 12.5. The third-order valence-corrected chi connectivity index (χ3v) is 9.47. The lowest BCUT2D eigenvalue weighted by atomic mass is 10.0. The van der Waals surface area contributed by atoms with Crippen molar-refractivity contribution in [2.45, 2.75) is 225 Å². The lowest BCUT2D eigenvalue weighted by Gasteiger charge is -2.15. The van der Waals surface area contributed by atoms with E-state index in [0.717, 1.165) is 32.1 Å². The van der Waals surface area contributed by atoms with Gasteiger partial charge in [0.1, 0.15) is 6.61 Å². The number of rotatable bonds is 39. The molecule has 0 saturated carbocycles. The van der Waals surface area contributed by atoms with Gasteiger partial charge in [-0.15, -0.1) is 9.42 Å². The van der Waals surface area contributed by atoms with Crippen LogP contribution in [0.1, 0.15) is 219 Å². The van der Waals surface area contributed by atoms with E-state index in [9.17, 15) is 9.36 Å². The van der Waals surface area contributed by atoms with Crippen molar-refractivity contribution in [3.05, 3.63) is 0 Å². The van der Waals surface area contributed by atoms with Gasteiger partial charge in [-0.2, -0.15) is 0 Å². The molecular formula is C39H78O6P+. The van der Waals surface area contributed by atoms with Crippen molar-refractivity contribution in [2.24, 2.45) is 0 Å². The van der Waals surface area contributed by atoms with Gasteiger partial charge >= 0.3 is 14.2 Å². The smallest absolute Gasteiger partial charge is 0.457 e. The molecule has 1 N–H and O–H groups in total. The van der Waals surface area contributed by atoms with Gasteiger partial charge in [-0.25, -0.2) is 0 Å². The first-order valence-corrected chi connectivity index (χ1v) is 21.3. The van der Waals surface area contributed by atoms with Gasteiger partial charge in [0, 0.05) is 17.6 Å². The molecule has 6 nitrogen and oxygen atoms in total. The topological polar surface area (TPSA) is 82.1 Å². The van der Waals surface area contributed by atoms with Crippen LogP contribution >= 0.6 is 8.25 Å². The SMILES string of the molecule is CCCCCCCCCCCCCCCCCCOC[C@H](CO[P+](=O)O)OC(=O)CCCCCCCCCCCCCCCCC. The standard InChI is InChI=1S/C39H77O6P/c1-3-5-7-9-11-13-15-17-19-21-23-25-27-29-31-33-35-43-36-38(37-44-46(41)42)45-39(40)34-32-30-28-26-24-22-20-18-16-14-12-10-8-6-4-2/h38H,3-37H2,1-2H3/p+1/t38-/m1/s1. The van der Waals surface area contributed by atoms with Crippen molar-refractivity contribution in [3.8, 4) is 0 Å². The minimum Gasteiger partial charge on any atom is -0.457 e. The van der Waals surface area contributed by atoms with Crippen molar-refractivity contribution >= 4 is 14.2 Å². The Labute approximate surface area is 287 Å². The summed E-state index contributed by atoms with van der Waals surface area (Å²) in [6.07, 6.45) is 40.4. The number of carbonyl (C=O) groups excluding carboxylic acids is 1. The van der Waals surface area contributed by atoms with Gasteiger partial charge in [0.05, 0.1) is 6.61 Å². The second-order valence-corrected chi connectivity index (χ2v) is 14.5. The molecule has 2 atom stereocenters. The molecule has 0 aliphatic rings. The van der Waals surface area contributed by atoms with E-state index < -0.39 is 14.4 Å². The summed E-state index contributed by atoms with van der Waals surface area (Å²) in [5.74, 6) is -0.275. The minimum atomic E-state index is -2.72. The van der Waals surface area contributed by atoms with Gasteiger partial charge in [0.25, 0.3) is 0 Å². The molecule has 0 radical (unpaired) electrons. The molecule has 0 aromatic heterocycles. The van der Waals surface area contributed by atoms with Crippen LogP contribution in [0.5, 0.6) is 0 Å². The molecule has 0 aliphatic heterocycles. The highest BCUT2D eigenvalue weighted by Crippen LogP contribution is 2.18. The maximum atomic E-state index is 12.4. The van der Waals surface area contributed by atoms with Gasteiger partial charge in [0.15, 0.2) is 6.10 Å². The highest BCUT2D eigenvalue weighted by atomic mass is 31.1. The molecule has 0 amide bonds. The average molecular weight is 674 g/mol. The summed E-state index contributed by atoms with van der Waals surface area (Å²) in [7, 11) is -2.72. The third-order valence-electron chi connectivity index (χ3n) is 9.10. The monoisotopic (exact) mass is 674 g/mol. The number of ether oxygens (including phenoxy) is 2. The van der Waals surface area contributed by atoms with Gasteiger partial charge < -0.3 is 9.47 Å². The fourth-order valence-corrected chi connectivity index (χ4v) is 6.41. The predicted molar refractivity (Wildman–Crippen MR) is 196 cm³/mol. The molecule has 1 unspecified atom stereocenters. The predicted octanol–water partition coefficient (Wildman–Crippen LogP) is 13.1. The largest absolute Gasteiger partial charge is 0.694 e. The summed E-state index contributed by atoms with van der Waals surface area (Å²) in [4.78, 5) is 21.4. The summed E-state index contributed by atoms with van der Waals surface area (Å²) in [6.45, 7) is 5.24. The van der Waals surface area contributed by atoms with Crippen LogP contribution in [-0.4, -0.2) is 36.8 Å². The number of esters is 1. The maximum absolute atomic E-state index is 12.4. The lowest BCUT2D eigenvalue weighted by Crippen LogP contribution is -2.28. The van der Waals surface area contributed by atoms with E-state index in [1.54, 1.807) is 0 Å². The highest BCUT2D eigenvalue weighted by molar-refractivity contribution is 7.32. The Kier molecular flexibility index (Phi) is 38.4. The van der Waals surface area contributed by atoms with Crippen LogP contribution in [0.15, 0.2) is 0 Å². The van der Waals surface area contributed by atoms with Crippen molar-refractivity contribution in [3.63, 3.8) is 0 Å². The van der Waals surface area contributed by atoms with E-state index in [1.165, 1.54) is 167 Å². The zero-order valence-electron chi connectivity index (χ0n) is 30.8. The zero-order chi connectivity index (χ0) is 33.6. The number of unbranched alkanes of at least 4 members (excludes halogenated alkanes) is 29. The van der Waals surface area contributed by atoms with Crippen LogP contribution in [-0.2, 0) is 23.4 Å². The van der Waals surface area contributed by atoms with Crippen LogP contribution in [0.4, 0.5) is 0 Å². The Hall–Kier alpha value is -0.550. The Bertz CT molecular complexity index is 632. The van der Waals surface area contributed by atoms with Gasteiger partial charge in [-0.05, 0) is 12.8 Å². The molecule has 0 heterocycles. The molecule has 7 heteroatoms. The Morgan fingerprint density at radius 1 is 0.500 bits per heavy atom. The molecule has 46 heavy (non-hydrogen) atoms. The maximum Gasteiger partial charge on any atom is 0.694 e. The quantitative estimate of drug-likeness (QED) is 0.0397. The Morgan fingerprint density at radius 3 is 1.17 bits per heavy atom. The second kappa shape index (κ2) is 38.9. The number of hydrogen-bond donors (Lipinski definition) is 1. The second-order valence-electron chi connectivity index (χ2n) is 13.7. The van der Waals surface area contributed by atoms with Crippen molar-refractivity contribution in [1.29, 1.82) is 0 Å². The first-order valence-electron chi connectivity index (χ1n) is 20.2. The molecular weight excluding hydrogens is 595 g/mol. The molecule has 0 aliphatic carbocycles. The van der Waals surface area contributed by atoms with Crippen LogP contribution in [0.3, 0.4) is 0 Å². The van der Waals surface area contributed by atoms with E-state index in [1.807, 2.05) is 0 Å².